The summed E-state index contributed by atoms with van der Waals surface area (Å²) < 4.78 is 19.3. The van der Waals surface area contributed by atoms with E-state index in [-0.39, 0.29) is 16.7 Å². The fraction of sp³-hybridized carbons (Fsp3) is 0.438. The number of rotatable bonds is 3. The summed E-state index contributed by atoms with van der Waals surface area (Å²) in [7, 11) is 0. The van der Waals surface area contributed by atoms with Crippen LogP contribution in [0.15, 0.2) is 12.1 Å². The highest BCUT2D eigenvalue weighted by Gasteiger charge is 2.47. The molecule has 0 aliphatic carbocycles. The van der Waals surface area contributed by atoms with Crippen molar-refractivity contribution in [1.29, 1.82) is 5.26 Å². The van der Waals surface area contributed by atoms with E-state index in [9.17, 15) is 19.1 Å². The number of carbonyl (C=O) groups excluding carboxylic acids is 1. The van der Waals surface area contributed by atoms with Crippen molar-refractivity contribution >= 4 is 11.9 Å². The fourth-order valence-corrected chi connectivity index (χ4v) is 2.01. The van der Waals surface area contributed by atoms with Crippen LogP contribution < -0.4 is 0 Å². The number of esters is 1. The molecule has 1 rings (SSSR count). The lowest BCUT2D eigenvalue weighted by Crippen LogP contribution is -2.45. The highest BCUT2D eigenvalue weighted by molar-refractivity contribution is 6.05. The van der Waals surface area contributed by atoms with Crippen LogP contribution >= 0.6 is 0 Å². The zero-order chi connectivity index (χ0) is 17.3. The van der Waals surface area contributed by atoms with Crippen LogP contribution in [-0.4, -0.2) is 22.6 Å². The standard InChI is InChI=1S/C16H18FNO4/c1-9-11(7-6-10(8-18)12(9)17)16(5,13(19)20)14(21)22-15(2,3)4/h6-7H,1-5H3,(H,19,20). The van der Waals surface area contributed by atoms with Crippen LogP contribution in [0.25, 0.3) is 0 Å². The molecule has 0 fully saturated rings. The molecule has 0 saturated carbocycles. The summed E-state index contributed by atoms with van der Waals surface area (Å²) in [4.78, 5) is 24.0. The first-order valence-corrected chi connectivity index (χ1v) is 6.61. The molecule has 22 heavy (non-hydrogen) atoms. The molecule has 0 aliphatic heterocycles. The summed E-state index contributed by atoms with van der Waals surface area (Å²) in [6, 6.07) is 4.10. The van der Waals surface area contributed by atoms with Crippen molar-refractivity contribution < 1.29 is 23.8 Å². The lowest BCUT2D eigenvalue weighted by molar-refractivity contribution is -0.168. The van der Waals surface area contributed by atoms with Gasteiger partial charge in [-0.1, -0.05) is 6.07 Å². The average Bonchev–Trinajstić information content (AvgIpc) is 2.38. The van der Waals surface area contributed by atoms with E-state index in [4.69, 9.17) is 10.00 Å². The number of carbonyl (C=O) groups is 2. The van der Waals surface area contributed by atoms with Crippen LogP contribution in [0.2, 0.25) is 0 Å². The van der Waals surface area contributed by atoms with Crippen LogP contribution in [0.4, 0.5) is 4.39 Å². The van der Waals surface area contributed by atoms with Gasteiger partial charge in [0.25, 0.3) is 0 Å². The lowest BCUT2D eigenvalue weighted by atomic mass is 9.79. The van der Waals surface area contributed by atoms with Gasteiger partial charge in [-0.2, -0.15) is 5.26 Å². The second-order valence-corrected chi connectivity index (χ2v) is 6.14. The number of carboxylic acids is 1. The first-order valence-electron chi connectivity index (χ1n) is 6.61. The minimum Gasteiger partial charge on any atom is -0.480 e. The van der Waals surface area contributed by atoms with E-state index in [1.807, 2.05) is 0 Å². The number of ether oxygens (including phenoxy) is 1. The molecule has 118 valence electrons. The van der Waals surface area contributed by atoms with Crippen LogP contribution in [-0.2, 0) is 19.7 Å². The van der Waals surface area contributed by atoms with Gasteiger partial charge in [-0.25, -0.2) is 4.39 Å². The summed E-state index contributed by atoms with van der Waals surface area (Å²) in [5.74, 6) is -3.27. The molecule has 0 saturated heterocycles. The molecule has 0 aliphatic rings. The van der Waals surface area contributed by atoms with Crippen LogP contribution in [0, 0.1) is 24.1 Å². The molecule has 1 atom stereocenters. The molecular formula is C16H18FNO4. The Morgan fingerprint density at radius 3 is 2.23 bits per heavy atom. The van der Waals surface area contributed by atoms with Gasteiger partial charge >= 0.3 is 11.9 Å². The first kappa shape index (κ1) is 17.6. The Kier molecular flexibility index (Phi) is 4.61. The maximum Gasteiger partial charge on any atom is 0.328 e. The minimum atomic E-state index is -2.06. The molecule has 1 aromatic carbocycles. The summed E-state index contributed by atoms with van der Waals surface area (Å²) >= 11 is 0. The topological polar surface area (TPSA) is 87.4 Å². The minimum absolute atomic E-state index is 0.0363. The molecule has 0 amide bonds. The average molecular weight is 307 g/mol. The number of nitrogens with zero attached hydrogens (tertiary/aromatic N) is 1. The lowest BCUT2D eigenvalue weighted by Gasteiger charge is -2.29. The van der Waals surface area contributed by atoms with E-state index in [1.165, 1.54) is 13.0 Å². The van der Waals surface area contributed by atoms with Crippen molar-refractivity contribution in [3.05, 3.63) is 34.6 Å². The number of hydrogen-bond donors (Lipinski definition) is 1. The second kappa shape index (κ2) is 5.76. The third-order valence-electron chi connectivity index (χ3n) is 3.28. The number of aliphatic carboxylic acids is 1. The Morgan fingerprint density at radius 2 is 1.82 bits per heavy atom. The van der Waals surface area contributed by atoms with E-state index in [0.29, 0.717) is 0 Å². The number of halogens is 1. The van der Waals surface area contributed by atoms with Gasteiger partial charge in [0.2, 0.25) is 0 Å². The molecule has 0 spiro atoms. The summed E-state index contributed by atoms with van der Waals surface area (Å²) in [5, 5.41) is 18.3. The van der Waals surface area contributed by atoms with Gasteiger partial charge in [-0.3, -0.25) is 9.59 Å². The molecule has 0 aromatic heterocycles. The van der Waals surface area contributed by atoms with Crippen LogP contribution in [0.1, 0.15) is 44.4 Å². The van der Waals surface area contributed by atoms with Gasteiger partial charge in [0.15, 0.2) is 5.41 Å². The van der Waals surface area contributed by atoms with E-state index in [2.05, 4.69) is 0 Å². The molecule has 6 heteroatoms. The number of benzene rings is 1. The van der Waals surface area contributed by atoms with Crippen molar-refractivity contribution in [1.82, 2.24) is 0 Å². The highest BCUT2D eigenvalue weighted by Crippen LogP contribution is 2.32. The van der Waals surface area contributed by atoms with Crippen molar-refractivity contribution in [3.63, 3.8) is 0 Å². The van der Waals surface area contributed by atoms with Gasteiger partial charge in [-0.05, 0) is 51.8 Å². The molecule has 5 nitrogen and oxygen atoms in total. The summed E-state index contributed by atoms with van der Waals surface area (Å²) in [6.45, 7) is 7.33. The Labute approximate surface area is 128 Å². The van der Waals surface area contributed by atoms with Gasteiger partial charge in [-0.15, -0.1) is 0 Å². The second-order valence-electron chi connectivity index (χ2n) is 6.14. The van der Waals surface area contributed by atoms with Crippen molar-refractivity contribution in [3.8, 4) is 6.07 Å². The normalized spacial score (nSPS) is 13.9. The predicted molar refractivity (Wildman–Crippen MR) is 76.7 cm³/mol. The van der Waals surface area contributed by atoms with E-state index >= 15 is 0 Å². The number of hydrogen-bond acceptors (Lipinski definition) is 4. The van der Waals surface area contributed by atoms with E-state index in [0.717, 1.165) is 13.0 Å². The van der Waals surface area contributed by atoms with Gasteiger partial charge in [0.1, 0.15) is 17.5 Å². The number of nitriles is 1. The molecular weight excluding hydrogens is 289 g/mol. The SMILES string of the molecule is Cc1c(C(C)(C(=O)O)C(=O)OC(C)(C)C)ccc(C#N)c1F. The quantitative estimate of drug-likeness (QED) is 0.685. The molecule has 0 heterocycles. The van der Waals surface area contributed by atoms with E-state index in [1.54, 1.807) is 26.8 Å². The largest absolute Gasteiger partial charge is 0.480 e. The van der Waals surface area contributed by atoms with E-state index < -0.39 is 28.8 Å². The van der Waals surface area contributed by atoms with Gasteiger partial charge < -0.3 is 9.84 Å². The Morgan fingerprint density at radius 1 is 1.27 bits per heavy atom. The maximum absolute atomic E-state index is 14.1. The third-order valence-corrected chi connectivity index (χ3v) is 3.28. The van der Waals surface area contributed by atoms with Crippen LogP contribution in [0.3, 0.4) is 0 Å². The summed E-state index contributed by atoms with van der Waals surface area (Å²) in [5.41, 5.74) is -3.25. The summed E-state index contributed by atoms with van der Waals surface area (Å²) in [6.07, 6.45) is 0. The fourth-order valence-electron chi connectivity index (χ4n) is 2.01. The van der Waals surface area contributed by atoms with Crippen molar-refractivity contribution in [2.45, 2.75) is 45.6 Å². The molecule has 0 radical (unpaired) electrons. The monoisotopic (exact) mass is 307 g/mol. The highest BCUT2D eigenvalue weighted by atomic mass is 19.1. The van der Waals surface area contributed by atoms with Crippen LogP contribution in [0.5, 0.6) is 0 Å². The molecule has 1 unspecified atom stereocenters. The van der Waals surface area contributed by atoms with Crippen molar-refractivity contribution in [2.24, 2.45) is 0 Å². The molecule has 0 bridgehead atoms. The first-order chi connectivity index (χ1) is 9.95. The Balaban J connectivity index is 3.52. The maximum atomic E-state index is 14.1. The Bertz CT molecular complexity index is 670. The number of carboxylic acid groups (broad SMARTS) is 1. The van der Waals surface area contributed by atoms with Crippen molar-refractivity contribution in [2.75, 3.05) is 0 Å². The Hall–Kier alpha value is -2.42. The zero-order valence-electron chi connectivity index (χ0n) is 13.2. The third kappa shape index (κ3) is 3.08. The van der Waals surface area contributed by atoms with Gasteiger partial charge in [0.05, 0.1) is 5.56 Å². The zero-order valence-corrected chi connectivity index (χ0v) is 13.2. The predicted octanol–water partition coefficient (Wildman–Crippen LogP) is 2.69. The smallest absolute Gasteiger partial charge is 0.328 e. The molecule has 1 N–H and O–H groups in total. The van der Waals surface area contributed by atoms with Gasteiger partial charge in [0, 0.05) is 0 Å². The molecule has 1 aromatic rings.